The summed E-state index contributed by atoms with van der Waals surface area (Å²) >= 11 is 0. The molecule has 1 aliphatic rings. The van der Waals surface area contributed by atoms with E-state index in [9.17, 15) is 9.90 Å². The lowest BCUT2D eigenvalue weighted by Gasteiger charge is -2.16. The molecule has 1 fully saturated rings. The Hall–Kier alpha value is -2.89. The van der Waals surface area contributed by atoms with Gasteiger partial charge >= 0.3 is 0 Å². The number of phenolic OH excluding ortho intramolecular Hbond substituents is 1. The SMILES string of the molecule is O=C(NCC1CN(Cc2cccc3ccccc23)CN1)c1ccc(O)cc1. The molecule has 3 aromatic rings. The highest BCUT2D eigenvalue weighted by atomic mass is 16.3. The van der Waals surface area contributed by atoms with Crippen LogP contribution in [0.25, 0.3) is 10.8 Å². The summed E-state index contributed by atoms with van der Waals surface area (Å²) in [7, 11) is 0. The van der Waals surface area contributed by atoms with Gasteiger partial charge in [-0.1, -0.05) is 42.5 Å². The Labute approximate surface area is 158 Å². The zero-order valence-electron chi connectivity index (χ0n) is 15.1. The number of amides is 1. The van der Waals surface area contributed by atoms with Crippen LogP contribution >= 0.6 is 0 Å². The van der Waals surface area contributed by atoms with Gasteiger partial charge in [0.25, 0.3) is 5.91 Å². The number of carbonyl (C=O) groups excluding carboxylic acids is 1. The molecule has 1 heterocycles. The lowest BCUT2D eigenvalue weighted by Crippen LogP contribution is -2.38. The van der Waals surface area contributed by atoms with E-state index in [2.05, 4.69) is 58.0 Å². The van der Waals surface area contributed by atoms with Crippen molar-refractivity contribution in [1.29, 1.82) is 0 Å². The maximum absolute atomic E-state index is 12.2. The lowest BCUT2D eigenvalue weighted by molar-refractivity contribution is 0.0950. The molecule has 0 saturated carbocycles. The number of phenols is 1. The molecule has 3 N–H and O–H groups in total. The van der Waals surface area contributed by atoms with E-state index >= 15 is 0 Å². The van der Waals surface area contributed by atoms with Gasteiger partial charge in [0.2, 0.25) is 0 Å². The first-order valence-electron chi connectivity index (χ1n) is 9.18. The summed E-state index contributed by atoms with van der Waals surface area (Å²) in [6.45, 7) is 3.16. The van der Waals surface area contributed by atoms with Crippen LogP contribution in [0.1, 0.15) is 15.9 Å². The molecule has 1 saturated heterocycles. The number of aromatic hydroxyl groups is 1. The molecule has 4 rings (SSSR count). The number of rotatable bonds is 5. The zero-order valence-corrected chi connectivity index (χ0v) is 15.1. The summed E-state index contributed by atoms with van der Waals surface area (Å²) in [4.78, 5) is 14.6. The molecule has 0 bridgehead atoms. The number of nitrogens with one attached hydrogen (secondary N) is 2. The highest BCUT2D eigenvalue weighted by molar-refractivity contribution is 5.94. The fourth-order valence-electron chi connectivity index (χ4n) is 3.56. The Balaban J connectivity index is 1.32. The molecular weight excluding hydrogens is 338 g/mol. The number of hydrogen-bond acceptors (Lipinski definition) is 4. The summed E-state index contributed by atoms with van der Waals surface area (Å²) in [6.07, 6.45) is 0. The summed E-state index contributed by atoms with van der Waals surface area (Å²) < 4.78 is 0. The molecule has 0 spiro atoms. The van der Waals surface area contributed by atoms with Crippen molar-refractivity contribution in [2.75, 3.05) is 19.8 Å². The standard InChI is InChI=1S/C22H23N3O2/c26-20-10-8-17(9-11-20)22(27)23-12-19-14-25(15-24-19)13-18-6-3-5-16-4-1-2-7-21(16)18/h1-11,19,24,26H,12-15H2,(H,23,27). The zero-order chi connectivity index (χ0) is 18.6. The summed E-state index contributed by atoms with van der Waals surface area (Å²) in [6, 6.07) is 21.4. The van der Waals surface area contributed by atoms with Crippen LogP contribution in [0.5, 0.6) is 5.75 Å². The van der Waals surface area contributed by atoms with E-state index in [-0.39, 0.29) is 17.7 Å². The molecule has 0 radical (unpaired) electrons. The number of carbonyl (C=O) groups is 1. The van der Waals surface area contributed by atoms with Gasteiger partial charge in [0.05, 0.1) is 0 Å². The summed E-state index contributed by atoms with van der Waals surface area (Å²) in [5.74, 6) is 0.0393. The highest BCUT2D eigenvalue weighted by Gasteiger charge is 2.22. The molecule has 5 heteroatoms. The van der Waals surface area contributed by atoms with Crippen LogP contribution in [0, 0.1) is 0 Å². The fourth-order valence-corrected chi connectivity index (χ4v) is 3.56. The minimum Gasteiger partial charge on any atom is -0.508 e. The van der Waals surface area contributed by atoms with Crippen molar-refractivity contribution in [3.8, 4) is 5.75 Å². The molecule has 0 aromatic heterocycles. The van der Waals surface area contributed by atoms with E-state index in [4.69, 9.17) is 0 Å². The molecule has 138 valence electrons. The third-order valence-electron chi connectivity index (χ3n) is 4.99. The predicted octanol–water partition coefficient (Wildman–Crippen LogP) is 2.71. The van der Waals surface area contributed by atoms with Crippen molar-refractivity contribution in [2.24, 2.45) is 0 Å². The Morgan fingerprint density at radius 1 is 1.07 bits per heavy atom. The Morgan fingerprint density at radius 2 is 1.85 bits per heavy atom. The first kappa shape index (κ1) is 17.5. The first-order chi connectivity index (χ1) is 13.2. The number of nitrogens with zero attached hydrogens (tertiary/aromatic N) is 1. The highest BCUT2D eigenvalue weighted by Crippen LogP contribution is 2.20. The average Bonchev–Trinajstić information content (AvgIpc) is 3.14. The van der Waals surface area contributed by atoms with E-state index in [1.165, 1.54) is 28.5 Å². The van der Waals surface area contributed by atoms with Crippen LogP contribution in [0.2, 0.25) is 0 Å². The quantitative estimate of drug-likeness (QED) is 0.654. The van der Waals surface area contributed by atoms with Crippen molar-refractivity contribution in [1.82, 2.24) is 15.5 Å². The van der Waals surface area contributed by atoms with Gasteiger partial charge in [-0.15, -0.1) is 0 Å². The minimum atomic E-state index is -0.121. The minimum absolute atomic E-state index is 0.121. The third-order valence-corrected chi connectivity index (χ3v) is 4.99. The second-order valence-corrected chi connectivity index (χ2v) is 6.97. The molecule has 3 aromatic carbocycles. The Bertz CT molecular complexity index is 934. The maximum atomic E-state index is 12.2. The maximum Gasteiger partial charge on any atom is 0.251 e. The lowest BCUT2D eigenvalue weighted by atomic mass is 10.0. The van der Waals surface area contributed by atoms with Crippen LogP contribution in [0.3, 0.4) is 0 Å². The van der Waals surface area contributed by atoms with E-state index in [0.717, 1.165) is 19.8 Å². The summed E-state index contributed by atoms with van der Waals surface area (Å²) in [5.41, 5.74) is 1.88. The Morgan fingerprint density at radius 3 is 2.70 bits per heavy atom. The summed E-state index contributed by atoms with van der Waals surface area (Å²) in [5, 5.41) is 18.3. The van der Waals surface area contributed by atoms with Crippen molar-refractivity contribution in [3.05, 3.63) is 77.9 Å². The van der Waals surface area contributed by atoms with Crippen LogP contribution in [-0.4, -0.2) is 41.7 Å². The third kappa shape index (κ3) is 4.10. The first-order valence-corrected chi connectivity index (χ1v) is 9.18. The van der Waals surface area contributed by atoms with Gasteiger partial charge in [0.1, 0.15) is 5.75 Å². The second-order valence-electron chi connectivity index (χ2n) is 6.97. The molecule has 27 heavy (non-hydrogen) atoms. The van der Waals surface area contributed by atoms with Crippen LogP contribution in [-0.2, 0) is 6.54 Å². The monoisotopic (exact) mass is 361 g/mol. The van der Waals surface area contributed by atoms with Crippen molar-refractivity contribution >= 4 is 16.7 Å². The van der Waals surface area contributed by atoms with Crippen molar-refractivity contribution in [2.45, 2.75) is 12.6 Å². The number of benzene rings is 3. The van der Waals surface area contributed by atoms with Crippen LogP contribution in [0.4, 0.5) is 0 Å². The topological polar surface area (TPSA) is 64.6 Å². The second kappa shape index (κ2) is 7.78. The fraction of sp³-hybridized carbons (Fsp3) is 0.227. The van der Waals surface area contributed by atoms with Gasteiger partial charge in [0.15, 0.2) is 0 Å². The molecular formula is C22H23N3O2. The van der Waals surface area contributed by atoms with Gasteiger partial charge in [-0.2, -0.15) is 0 Å². The number of hydrogen-bond donors (Lipinski definition) is 3. The largest absolute Gasteiger partial charge is 0.508 e. The van der Waals surface area contributed by atoms with Gasteiger partial charge in [0, 0.05) is 37.9 Å². The van der Waals surface area contributed by atoms with E-state index in [1.54, 1.807) is 12.1 Å². The van der Waals surface area contributed by atoms with Gasteiger partial charge < -0.3 is 10.4 Å². The molecule has 1 aliphatic heterocycles. The molecule has 5 nitrogen and oxygen atoms in total. The van der Waals surface area contributed by atoms with Gasteiger partial charge in [-0.25, -0.2) is 0 Å². The van der Waals surface area contributed by atoms with E-state index in [1.807, 2.05) is 0 Å². The van der Waals surface area contributed by atoms with Crippen LogP contribution < -0.4 is 10.6 Å². The van der Waals surface area contributed by atoms with E-state index in [0.29, 0.717) is 12.1 Å². The number of fused-ring (bicyclic) bond motifs is 1. The van der Waals surface area contributed by atoms with Crippen molar-refractivity contribution in [3.63, 3.8) is 0 Å². The molecule has 0 aliphatic carbocycles. The predicted molar refractivity (Wildman–Crippen MR) is 107 cm³/mol. The Kier molecular flexibility index (Phi) is 5.05. The molecule has 1 amide bonds. The van der Waals surface area contributed by atoms with Crippen molar-refractivity contribution < 1.29 is 9.90 Å². The average molecular weight is 361 g/mol. The van der Waals surface area contributed by atoms with E-state index < -0.39 is 0 Å². The molecule has 1 unspecified atom stereocenters. The normalized spacial score (nSPS) is 17.3. The van der Waals surface area contributed by atoms with Crippen LogP contribution in [0.15, 0.2) is 66.7 Å². The van der Waals surface area contributed by atoms with Gasteiger partial charge in [-0.3, -0.25) is 15.0 Å². The smallest absolute Gasteiger partial charge is 0.251 e. The molecule has 1 atom stereocenters. The van der Waals surface area contributed by atoms with Gasteiger partial charge in [-0.05, 0) is 40.6 Å².